The maximum Gasteiger partial charge on any atom is 0.296 e. The molecule has 4 aromatic rings. The molecule has 1 aliphatic heterocycles. The zero-order valence-electron chi connectivity index (χ0n) is 17.1. The highest BCUT2D eigenvalue weighted by molar-refractivity contribution is 6.43. The van der Waals surface area contributed by atoms with Crippen molar-refractivity contribution in [2.24, 2.45) is 0 Å². The van der Waals surface area contributed by atoms with Crippen molar-refractivity contribution in [1.82, 2.24) is 9.30 Å². The Morgan fingerprint density at radius 1 is 0.710 bits per heavy atom. The van der Waals surface area contributed by atoms with Gasteiger partial charge in [-0.3, -0.25) is 9.59 Å². The van der Waals surface area contributed by atoms with Gasteiger partial charge in [0.2, 0.25) is 0 Å². The highest BCUT2D eigenvalue weighted by atomic mass is 16.2. The number of nitrogens with zero attached hydrogens (tertiary/aromatic N) is 3. The lowest BCUT2D eigenvalue weighted by Gasteiger charge is -2.35. The van der Waals surface area contributed by atoms with E-state index >= 15 is 0 Å². The van der Waals surface area contributed by atoms with Crippen molar-refractivity contribution in [3.05, 3.63) is 96.8 Å². The first-order chi connectivity index (χ1) is 15.2. The molecule has 31 heavy (non-hydrogen) atoms. The summed E-state index contributed by atoms with van der Waals surface area (Å²) in [6, 6.07) is 27.7. The fraction of sp³-hybridized carbons (Fsp3) is 0.154. The molecule has 5 nitrogen and oxygen atoms in total. The minimum Gasteiger partial charge on any atom is -0.368 e. The highest BCUT2D eigenvalue weighted by Crippen LogP contribution is 2.28. The van der Waals surface area contributed by atoms with Crippen LogP contribution in [-0.2, 0) is 4.79 Å². The number of amides is 1. The van der Waals surface area contributed by atoms with Crippen molar-refractivity contribution in [2.45, 2.75) is 0 Å². The van der Waals surface area contributed by atoms with Gasteiger partial charge in [0, 0.05) is 49.1 Å². The number of anilines is 1. The van der Waals surface area contributed by atoms with Crippen LogP contribution in [0.4, 0.5) is 5.69 Å². The van der Waals surface area contributed by atoms with Gasteiger partial charge < -0.3 is 14.2 Å². The topological polar surface area (TPSA) is 45.0 Å². The molecule has 0 atom stereocenters. The van der Waals surface area contributed by atoms with Gasteiger partial charge in [0.05, 0.1) is 0 Å². The van der Waals surface area contributed by atoms with Gasteiger partial charge in [-0.05, 0) is 35.9 Å². The van der Waals surface area contributed by atoms with Crippen LogP contribution in [0, 0.1) is 0 Å². The summed E-state index contributed by atoms with van der Waals surface area (Å²) in [6.07, 6.45) is 1.84. The van der Waals surface area contributed by atoms with Crippen molar-refractivity contribution in [3.63, 3.8) is 0 Å². The zero-order valence-corrected chi connectivity index (χ0v) is 17.1. The number of aromatic nitrogens is 1. The molecule has 2 aromatic heterocycles. The number of pyridine rings is 1. The average Bonchev–Trinajstić information content (AvgIpc) is 3.24. The van der Waals surface area contributed by atoms with E-state index in [4.69, 9.17) is 0 Å². The predicted octanol–water partition coefficient (Wildman–Crippen LogP) is 4.14. The Kier molecular flexibility index (Phi) is 5.00. The summed E-state index contributed by atoms with van der Waals surface area (Å²) < 4.78 is 1.82. The molecule has 154 valence electrons. The number of para-hydroxylation sites is 1. The summed E-state index contributed by atoms with van der Waals surface area (Å²) >= 11 is 0. The van der Waals surface area contributed by atoms with E-state index in [0.29, 0.717) is 31.9 Å². The van der Waals surface area contributed by atoms with Crippen molar-refractivity contribution in [1.29, 1.82) is 0 Å². The van der Waals surface area contributed by atoms with Gasteiger partial charge in [0.25, 0.3) is 11.7 Å². The van der Waals surface area contributed by atoms with Gasteiger partial charge in [-0.25, -0.2) is 0 Å². The first-order valence-corrected chi connectivity index (χ1v) is 10.5. The van der Waals surface area contributed by atoms with Crippen molar-refractivity contribution < 1.29 is 9.59 Å². The van der Waals surface area contributed by atoms with E-state index in [9.17, 15) is 9.59 Å². The molecule has 0 spiro atoms. The molecule has 0 bridgehead atoms. The maximum absolute atomic E-state index is 13.4. The quantitative estimate of drug-likeness (QED) is 0.376. The molecule has 2 aromatic carbocycles. The first-order valence-electron chi connectivity index (χ1n) is 10.5. The van der Waals surface area contributed by atoms with Gasteiger partial charge in [-0.2, -0.15) is 0 Å². The van der Waals surface area contributed by atoms with E-state index in [1.54, 1.807) is 4.90 Å². The number of carbonyl (C=O) groups excluding carboxylic acids is 2. The van der Waals surface area contributed by atoms with Crippen LogP contribution < -0.4 is 4.90 Å². The predicted molar refractivity (Wildman–Crippen MR) is 122 cm³/mol. The highest BCUT2D eigenvalue weighted by Gasteiger charge is 2.30. The lowest BCUT2D eigenvalue weighted by Crippen LogP contribution is -2.50. The third-order valence-electron chi connectivity index (χ3n) is 5.86. The van der Waals surface area contributed by atoms with Crippen molar-refractivity contribution >= 4 is 22.9 Å². The monoisotopic (exact) mass is 409 g/mol. The van der Waals surface area contributed by atoms with E-state index in [0.717, 1.165) is 22.3 Å². The van der Waals surface area contributed by atoms with Crippen LogP contribution in [0.3, 0.4) is 0 Å². The summed E-state index contributed by atoms with van der Waals surface area (Å²) in [5, 5.41) is 0. The van der Waals surface area contributed by atoms with E-state index < -0.39 is 11.7 Å². The maximum atomic E-state index is 13.4. The number of benzene rings is 2. The second kappa shape index (κ2) is 8.11. The van der Waals surface area contributed by atoms with Crippen LogP contribution in [0.1, 0.15) is 10.5 Å². The van der Waals surface area contributed by atoms with Gasteiger partial charge in [-0.1, -0.05) is 54.6 Å². The third-order valence-corrected chi connectivity index (χ3v) is 5.86. The number of rotatable bonds is 4. The van der Waals surface area contributed by atoms with E-state index in [1.807, 2.05) is 83.4 Å². The number of hydrogen-bond donors (Lipinski definition) is 0. The molecular weight excluding hydrogens is 386 g/mol. The van der Waals surface area contributed by atoms with Gasteiger partial charge in [0.15, 0.2) is 0 Å². The second-order valence-corrected chi connectivity index (χ2v) is 7.71. The van der Waals surface area contributed by atoms with Crippen LogP contribution in [0.25, 0.3) is 16.6 Å². The molecule has 0 aliphatic carbocycles. The number of hydrogen-bond acceptors (Lipinski definition) is 3. The van der Waals surface area contributed by atoms with Crippen LogP contribution in [-0.4, -0.2) is 47.2 Å². The number of piperazine rings is 1. The molecule has 1 aliphatic rings. The summed E-state index contributed by atoms with van der Waals surface area (Å²) in [6.45, 7) is 2.49. The Hall–Kier alpha value is -3.86. The smallest absolute Gasteiger partial charge is 0.296 e. The summed E-state index contributed by atoms with van der Waals surface area (Å²) in [7, 11) is 0. The lowest BCUT2D eigenvalue weighted by molar-refractivity contribution is -0.126. The molecule has 1 amide bonds. The largest absolute Gasteiger partial charge is 0.368 e. The molecule has 0 unspecified atom stereocenters. The first kappa shape index (κ1) is 19.1. The molecule has 3 heterocycles. The molecule has 5 rings (SSSR count). The molecule has 1 fully saturated rings. The summed E-state index contributed by atoms with van der Waals surface area (Å²) in [5.41, 5.74) is 4.18. The Labute approximate surface area is 181 Å². The number of Topliss-reactive ketones (excluding diaryl/α,β-unsaturated/α-hetero) is 1. The van der Waals surface area contributed by atoms with E-state index in [2.05, 4.69) is 17.0 Å². The normalized spacial score (nSPS) is 14.1. The molecule has 1 saturated heterocycles. The van der Waals surface area contributed by atoms with Gasteiger partial charge in [0.1, 0.15) is 5.69 Å². The Morgan fingerprint density at radius 3 is 2.06 bits per heavy atom. The van der Waals surface area contributed by atoms with Crippen LogP contribution in [0.2, 0.25) is 0 Å². The van der Waals surface area contributed by atoms with E-state index in [-0.39, 0.29) is 0 Å². The third kappa shape index (κ3) is 3.59. The minimum atomic E-state index is -0.460. The lowest BCUT2D eigenvalue weighted by atomic mass is 10.0. The number of fused-ring (bicyclic) bond motifs is 1. The van der Waals surface area contributed by atoms with Crippen molar-refractivity contribution in [3.8, 4) is 11.1 Å². The van der Waals surface area contributed by atoms with Crippen LogP contribution >= 0.6 is 0 Å². The van der Waals surface area contributed by atoms with E-state index in [1.165, 1.54) is 0 Å². The van der Waals surface area contributed by atoms with Gasteiger partial charge in [-0.15, -0.1) is 0 Å². The van der Waals surface area contributed by atoms with Crippen molar-refractivity contribution in [2.75, 3.05) is 31.1 Å². The SMILES string of the molecule is O=C(C(=O)N1CCN(c2ccccc2)CC1)c1c(-c2ccccc2)cc2ccccn12. The zero-order chi connectivity index (χ0) is 21.2. The fourth-order valence-electron chi connectivity index (χ4n) is 4.24. The van der Waals surface area contributed by atoms with Gasteiger partial charge >= 0.3 is 0 Å². The average molecular weight is 409 g/mol. The molecule has 5 heteroatoms. The minimum absolute atomic E-state index is 0.428. The Balaban J connectivity index is 1.42. The summed E-state index contributed by atoms with van der Waals surface area (Å²) in [5.74, 6) is -0.896. The second-order valence-electron chi connectivity index (χ2n) is 7.71. The Morgan fingerprint density at radius 2 is 1.35 bits per heavy atom. The Bertz CT molecular complexity index is 1220. The number of ketones is 1. The fourth-order valence-corrected chi connectivity index (χ4v) is 4.24. The standard InChI is InChI=1S/C26H23N3O2/c30-25(26(31)28-17-15-27(16-18-28)21-11-5-2-6-12-21)24-23(20-9-3-1-4-10-20)19-22-13-7-8-14-29(22)24/h1-14,19H,15-18H2. The molecule has 0 saturated carbocycles. The van der Waals surface area contributed by atoms with Crippen LogP contribution in [0.5, 0.6) is 0 Å². The molecular formula is C26H23N3O2. The van der Waals surface area contributed by atoms with Crippen LogP contribution in [0.15, 0.2) is 91.1 Å². The number of carbonyl (C=O) groups is 2. The molecule has 0 radical (unpaired) electrons. The molecule has 0 N–H and O–H groups in total. The summed E-state index contributed by atoms with van der Waals surface area (Å²) in [4.78, 5) is 30.6.